The molecule has 0 unspecified atom stereocenters. The molecule has 0 saturated heterocycles. The van der Waals surface area contributed by atoms with E-state index in [9.17, 15) is 43.2 Å². The predicted octanol–water partition coefficient (Wildman–Crippen LogP) is 0.665. The number of aromatic hydroxyl groups is 1. The molecule has 0 heterocycles. The molecule has 6 N–H and O–H groups in total. The highest BCUT2D eigenvalue weighted by Gasteiger charge is 2.63. The van der Waals surface area contributed by atoms with Crippen molar-refractivity contribution in [2.45, 2.75) is 31.0 Å². The Morgan fingerprint density at radius 2 is 1.78 bits per heavy atom. The van der Waals surface area contributed by atoms with Gasteiger partial charge in [-0.05, 0) is 55.4 Å². The lowest BCUT2D eigenvalue weighted by Gasteiger charge is -2.50. The number of hydrogen-bond donors (Lipinski definition) is 5. The van der Waals surface area contributed by atoms with E-state index in [2.05, 4.69) is 0 Å². The SMILES string of the molecule is CN(C)[C@@H]1C(O)=C(C(N)=O)C(=O)[C@@]2(O)C(O)=C3C(=O)c4c(cc5ccc(CN(C)S(C)(=O)=O)cc5c4O)C[C@H]3C[C@@H]12. The summed E-state index contributed by atoms with van der Waals surface area (Å²) in [6, 6.07) is 5.68. The number of phenols is 1. The molecular formula is C28H31N3O9S. The van der Waals surface area contributed by atoms with Crippen LogP contribution in [0.15, 0.2) is 46.9 Å². The minimum absolute atomic E-state index is 0.00131. The lowest BCUT2D eigenvalue weighted by molar-refractivity contribution is -0.148. The molecule has 4 atom stereocenters. The average Bonchev–Trinajstić information content (AvgIpc) is 2.85. The highest BCUT2D eigenvalue weighted by molar-refractivity contribution is 7.88. The smallest absolute Gasteiger partial charge is 0.255 e. The van der Waals surface area contributed by atoms with Gasteiger partial charge in [-0.2, -0.15) is 0 Å². The number of carbonyl (C=O) groups is 3. The van der Waals surface area contributed by atoms with Crippen molar-refractivity contribution in [2.24, 2.45) is 17.6 Å². The number of allylic oxidation sites excluding steroid dienone is 1. The molecule has 2 aromatic carbocycles. The van der Waals surface area contributed by atoms with Crippen molar-refractivity contribution < 1.29 is 43.2 Å². The number of Topliss-reactive ketones (excluding diaryl/α,β-unsaturated/α-hetero) is 2. The van der Waals surface area contributed by atoms with Gasteiger partial charge in [0.1, 0.15) is 22.8 Å². The third kappa shape index (κ3) is 4.14. The van der Waals surface area contributed by atoms with Gasteiger partial charge in [-0.25, -0.2) is 12.7 Å². The number of amides is 1. The predicted molar refractivity (Wildman–Crippen MR) is 147 cm³/mol. The topological polar surface area (TPSA) is 199 Å². The minimum atomic E-state index is -3.47. The molecule has 0 bridgehead atoms. The molecule has 3 aliphatic carbocycles. The summed E-state index contributed by atoms with van der Waals surface area (Å²) < 4.78 is 24.9. The lowest BCUT2D eigenvalue weighted by atomic mass is 9.58. The van der Waals surface area contributed by atoms with Gasteiger partial charge in [-0.15, -0.1) is 0 Å². The molecule has 0 saturated carbocycles. The maximum atomic E-state index is 13.9. The number of phenolic OH excluding ortho intramolecular Hbond substituents is 1. The molecule has 12 nitrogen and oxygen atoms in total. The number of hydrogen-bond acceptors (Lipinski definition) is 10. The third-order valence-corrected chi connectivity index (χ3v) is 9.82. The first kappa shape index (κ1) is 28.7. The number of aliphatic hydroxyl groups is 3. The number of fused-ring (bicyclic) bond motifs is 4. The van der Waals surface area contributed by atoms with Gasteiger partial charge in [0.15, 0.2) is 11.4 Å². The molecule has 1 amide bonds. The minimum Gasteiger partial charge on any atom is -0.510 e. The van der Waals surface area contributed by atoms with Crippen LogP contribution >= 0.6 is 0 Å². The summed E-state index contributed by atoms with van der Waals surface area (Å²) in [5, 5.41) is 46.1. The standard InChI is InChI=1S/C28H31N3O9S/c1-30(2)21-17-10-15-9-14-8-13-6-5-12(11-31(3)41(4,39)40)7-16(13)22(32)18(14)23(33)19(15)25(35)28(17,38)26(36)20(24(21)34)27(29)37/h5-8,15,17,21,32,34-35,38H,9-11H2,1-4H3,(H2,29,37)/t15-,17-,21-,28-/m0/s1. The zero-order valence-corrected chi connectivity index (χ0v) is 23.7. The first-order chi connectivity index (χ1) is 19.0. The van der Waals surface area contributed by atoms with E-state index >= 15 is 0 Å². The average molecular weight is 586 g/mol. The van der Waals surface area contributed by atoms with Crippen molar-refractivity contribution in [3.05, 3.63) is 63.6 Å². The van der Waals surface area contributed by atoms with Crippen LogP contribution < -0.4 is 5.73 Å². The van der Waals surface area contributed by atoms with Crippen LogP contribution in [-0.4, -0.2) is 94.6 Å². The monoisotopic (exact) mass is 585 g/mol. The third-order valence-electron chi connectivity index (χ3n) is 8.56. The molecule has 0 spiro atoms. The van der Waals surface area contributed by atoms with E-state index in [0.717, 1.165) is 10.6 Å². The van der Waals surface area contributed by atoms with E-state index in [1.54, 1.807) is 38.4 Å². The second-order valence-corrected chi connectivity index (χ2v) is 13.4. The molecule has 218 valence electrons. The molecular weight excluding hydrogens is 554 g/mol. The molecule has 0 radical (unpaired) electrons. The Kier molecular flexibility index (Phi) is 6.57. The summed E-state index contributed by atoms with van der Waals surface area (Å²) in [5.41, 5.74) is 2.50. The van der Waals surface area contributed by atoms with Gasteiger partial charge in [0.25, 0.3) is 5.91 Å². The largest absolute Gasteiger partial charge is 0.510 e. The summed E-state index contributed by atoms with van der Waals surface area (Å²) in [7, 11) is 1.08. The van der Waals surface area contributed by atoms with E-state index in [4.69, 9.17) is 5.73 Å². The molecule has 3 aliphatic rings. The molecule has 41 heavy (non-hydrogen) atoms. The van der Waals surface area contributed by atoms with Crippen molar-refractivity contribution in [2.75, 3.05) is 27.4 Å². The number of primary amides is 1. The van der Waals surface area contributed by atoms with Crippen LogP contribution in [0.1, 0.15) is 27.9 Å². The van der Waals surface area contributed by atoms with Crippen LogP contribution in [0, 0.1) is 11.8 Å². The summed E-state index contributed by atoms with van der Waals surface area (Å²) in [5.74, 6) is -7.06. The highest BCUT2D eigenvalue weighted by atomic mass is 32.2. The van der Waals surface area contributed by atoms with E-state index in [1.807, 2.05) is 0 Å². The number of aliphatic hydroxyl groups excluding tert-OH is 2. The van der Waals surface area contributed by atoms with Crippen molar-refractivity contribution in [1.29, 1.82) is 0 Å². The molecule has 0 fully saturated rings. The molecule has 5 rings (SSSR count). The normalized spacial score (nSPS) is 26.5. The van der Waals surface area contributed by atoms with Gasteiger partial charge < -0.3 is 26.2 Å². The second kappa shape index (κ2) is 9.38. The Labute approximate surface area is 236 Å². The van der Waals surface area contributed by atoms with Crippen LogP contribution in [-0.2, 0) is 32.6 Å². The van der Waals surface area contributed by atoms with Crippen LogP contribution in [0.3, 0.4) is 0 Å². The van der Waals surface area contributed by atoms with Crippen molar-refractivity contribution in [1.82, 2.24) is 9.21 Å². The number of likely N-dealkylation sites (N-methyl/N-ethyl adjacent to an activating group) is 1. The number of carbonyl (C=O) groups excluding carboxylic acids is 3. The van der Waals surface area contributed by atoms with Gasteiger partial charge in [0.2, 0.25) is 15.8 Å². The maximum Gasteiger partial charge on any atom is 0.255 e. The Morgan fingerprint density at radius 1 is 1.12 bits per heavy atom. The summed E-state index contributed by atoms with van der Waals surface area (Å²) >= 11 is 0. The molecule has 13 heteroatoms. The van der Waals surface area contributed by atoms with Gasteiger partial charge in [-0.3, -0.25) is 19.3 Å². The fourth-order valence-corrected chi connectivity index (χ4v) is 6.92. The number of nitrogens with zero attached hydrogens (tertiary/aromatic N) is 2. The Morgan fingerprint density at radius 3 is 2.37 bits per heavy atom. The van der Waals surface area contributed by atoms with Crippen LogP contribution in [0.2, 0.25) is 0 Å². The van der Waals surface area contributed by atoms with E-state index in [-0.39, 0.29) is 41.7 Å². The second-order valence-electron chi connectivity index (χ2n) is 11.3. The van der Waals surface area contributed by atoms with Crippen LogP contribution in [0.5, 0.6) is 5.75 Å². The molecule has 2 aromatic rings. The Hall–Kier alpha value is -3.78. The van der Waals surface area contributed by atoms with Crippen molar-refractivity contribution >= 4 is 38.3 Å². The first-order valence-electron chi connectivity index (χ1n) is 12.8. The number of ketones is 2. The van der Waals surface area contributed by atoms with Crippen molar-refractivity contribution in [3.8, 4) is 5.75 Å². The number of rotatable bonds is 5. The van der Waals surface area contributed by atoms with Crippen LogP contribution in [0.4, 0.5) is 0 Å². The fourth-order valence-electron chi connectivity index (χ4n) is 6.54. The van der Waals surface area contributed by atoms with E-state index in [1.165, 1.54) is 11.9 Å². The van der Waals surface area contributed by atoms with E-state index in [0.29, 0.717) is 16.5 Å². The summed E-state index contributed by atoms with van der Waals surface area (Å²) in [6.45, 7) is 0.0272. The van der Waals surface area contributed by atoms with Gasteiger partial charge in [0.05, 0.1) is 17.9 Å². The number of nitrogens with two attached hydrogens (primary N) is 1. The van der Waals surface area contributed by atoms with E-state index < -0.39 is 68.1 Å². The number of benzene rings is 2. The van der Waals surface area contributed by atoms with Gasteiger partial charge >= 0.3 is 0 Å². The Bertz CT molecular complexity index is 1730. The molecule has 0 aliphatic heterocycles. The fraction of sp³-hybridized carbons (Fsp3) is 0.393. The van der Waals surface area contributed by atoms with Gasteiger partial charge in [0, 0.05) is 30.5 Å². The number of sulfonamides is 1. The zero-order chi connectivity index (χ0) is 30.3. The lowest BCUT2D eigenvalue weighted by Crippen LogP contribution is -2.63. The zero-order valence-electron chi connectivity index (χ0n) is 22.9. The first-order valence-corrected chi connectivity index (χ1v) is 14.7. The molecule has 0 aromatic heterocycles. The summed E-state index contributed by atoms with van der Waals surface area (Å²) in [6.07, 6.45) is 1.25. The van der Waals surface area contributed by atoms with Gasteiger partial charge in [-0.1, -0.05) is 18.2 Å². The Balaban J connectivity index is 1.66. The van der Waals surface area contributed by atoms with Crippen molar-refractivity contribution in [3.63, 3.8) is 0 Å². The quantitative estimate of drug-likeness (QED) is 0.311. The summed E-state index contributed by atoms with van der Waals surface area (Å²) in [4.78, 5) is 40.9. The highest BCUT2D eigenvalue weighted by Crippen LogP contribution is 2.52. The van der Waals surface area contributed by atoms with Crippen LogP contribution in [0.25, 0.3) is 10.8 Å². The maximum absolute atomic E-state index is 13.9.